The molecule has 3 aromatic rings. The number of aromatic nitrogens is 1. The normalized spacial score (nSPS) is 12.1. The molecule has 1 aromatic heterocycles. The van der Waals surface area contributed by atoms with Gasteiger partial charge in [0.2, 0.25) is 0 Å². The first-order chi connectivity index (χ1) is 13.9. The van der Waals surface area contributed by atoms with Crippen molar-refractivity contribution in [3.05, 3.63) is 77.5 Å². The number of hydrogen-bond acceptors (Lipinski definition) is 2. The predicted molar refractivity (Wildman–Crippen MR) is 96.5 cm³/mol. The molecule has 156 valence electrons. The lowest BCUT2D eigenvalue weighted by Crippen LogP contribution is -2.07. The first-order valence-corrected chi connectivity index (χ1v) is 8.52. The number of alkyl halides is 6. The van der Waals surface area contributed by atoms with E-state index in [1.165, 1.54) is 36.4 Å². The fourth-order valence-corrected chi connectivity index (χ4v) is 2.92. The van der Waals surface area contributed by atoms with Gasteiger partial charge < -0.3 is 5.11 Å². The topological polar surface area (TPSA) is 50.2 Å². The van der Waals surface area contributed by atoms with E-state index in [9.17, 15) is 31.1 Å². The zero-order valence-electron chi connectivity index (χ0n) is 15.1. The zero-order chi connectivity index (χ0) is 22.1. The number of aliphatic carboxylic acids is 1. The maximum Gasteiger partial charge on any atom is 0.416 e. The van der Waals surface area contributed by atoms with Crippen LogP contribution in [-0.4, -0.2) is 16.1 Å². The Bertz CT molecular complexity index is 1090. The second kappa shape index (κ2) is 7.81. The fraction of sp³-hybridized carbons (Fsp3) is 0.143. The minimum atomic E-state index is -4.59. The summed E-state index contributed by atoms with van der Waals surface area (Å²) in [6.45, 7) is 0. The molecule has 0 fully saturated rings. The molecule has 0 saturated heterocycles. The molecule has 30 heavy (non-hydrogen) atoms. The molecule has 2 aromatic carbocycles. The maximum atomic E-state index is 13.0. The lowest BCUT2D eigenvalue weighted by atomic mass is 9.98. The van der Waals surface area contributed by atoms with Crippen LogP contribution in [0.15, 0.2) is 60.7 Å². The van der Waals surface area contributed by atoms with E-state index in [1.54, 1.807) is 0 Å². The van der Waals surface area contributed by atoms with Crippen molar-refractivity contribution in [2.75, 3.05) is 0 Å². The molecule has 0 aliphatic carbocycles. The van der Waals surface area contributed by atoms with Crippen LogP contribution in [0.1, 0.15) is 16.8 Å². The molecule has 0 amide bonds. The van der Waals surface area contributed by atoms with Gasteiger partial charge in [-0.15, -0.1) is 0 Å². The van der Waals surface area contributed by atoms with Crippen LogP contribution in [0.2, 0.25) is 0 Å². The van der Waals surface area contributed by atoms with E-state index in [1.807, 2.05) is 0 Å². The van der Waals surface area contributed by atoms with Gasteiger partial charge in [-0.1, -0.05) is 30.3 Å². The number of benzene rings is 2. The number of nitrogens with zero attached hydrogens (tertiary/aromatic N) is 1. The molecule has 0 unspecified atom stereocenters. The minimum absolute atomic E-state index is 0.0586. The number of carboxylic acids is 1. The Morgan fingerprint density at radius 3 is 1.87 bits per heavy atom. The van der Waals surface area contributed by atoms with Crippen LogP contribution in [0.25, 0.3) is 22.4 Å². The smallest absolute Gasteiger partial charge is 0.416 e. The Morgan fingerprint density at radius 1 is 0.800 bits per heavy atom. The Balaban J connectivity index is 2.11. The van der Waals surface area contributed by atoms with Crippen LogP contribution < -0.4 is 0 Å². The first kappa shape index (κ1) is 21.4. The molecule has 0 atom stereocenters. The van der Waals surface area contributed by atoms with Crippen LogP contribution in [0.4, 0.5) is 26.3 Å². The molecule has 0 aliphatic heterocycles. The van der Waals surface area contributed by atoms with Crippen LogP contribution >= 0.6 is 0 Å². The van der Waals surface area contributed by atoms with Gasteiger partial charge in [0.05, 0.1) is 28.9 Å². The highest BCUT2D eigenvalue weighted by atomic mass is 19.4. The summed E-state index contributed by atoms with van der Waals surface area (Å²) < 4.78 is 77.9. The molecular weight excluding hydrogens is 412 g/mol. The summed E-state index contributed by atoms with van der Waals surface area (Å²) in [6, 6.07) is 11.3. The summed E-state index contributed by atoms with van der Waals surface area (Å²) in [5, 5.41) is 9.17. The van der Waals surface area contributed by atoms with Gasteiger partial charge in [-0.3, -0.25) is 9.78 Å². The summed E-state index contributed by atoms with van der Waals surface area (Å²) in [7, 11) is 0. The molecule has 3 rings (SSSR count). The van der Waals surface area contributed by atoms with Crippen molar-refractivity contribution in [2.45, 2.75) is 18.8 Å². The van der Waals surface area contributed by atoms with Gasteiger partial charge in [-0.05, 0) is 35.9 Å². The highest BCUT2D eigenvalue weighted by Crippen LogP contribution is 2.35. The van der Waals surface area contributed by atoms with E-state index >= 15 is 0 Å². The number of hydrogen-bond donors (Lipinski definition) is 1. The number of halogens is 6. The molecule has 9 heteroatoms. The number of carboxylic acid groups (broad SMARTS) is 1. The summed E-state index contributed by atoms with van der Waals surface area (Å²) in [5.74, 6) is -1.28. The number of pyridine rings is 1. The van der Waals surface area contributed by atoms with Gasteiger partial charge in [-0.25, -0.2) is 0 Å². The van der Waals surface area contributed by atoms with Crippen molar-refractivity contribution in [3.63, 3.8) is 0 Å². The second-order valence-electron chi connectivity index (χ2n) is 6.42. The van der Waals surface area contributed by atoms with E-state index in [0.717, 1.165) is 24.3 Å². The Labute approximate surface area is 166 Å². The largest absolute Gasteiger partial charge is 0.481 e. The molecule has 3 nitrogen and oxygen atoms in total. The number of carbonyl (C=O) groups is 1. The van der Waals surface area contributed by atoms with Crippen LogP contribution in [0, 0.1) is 0 Å². The van der Waals surface area contributed by atoms with Crippen molar-refractivity contribution in [3.8, 4) is 22.4 Å². The summed E-state index contributed by atoms with van der Waals surface area (Å²) in [5.41, 5.74) is -1.44. The highest BCUT2D eigenvalue weighted by molar-refractivity contribution is 5.77. The van der Waals surface area contributed by atoms with E-state index in [2.05, 4.69) is 4.98 Å². The van der Waals surface area contributed by atoms with E-state index in [0.29, 0.717) is 0 Å². The summed E-state index contributed by atoms with van der Waals surface area (Å²) >= 11 is 0. The van der Waals surface area contributed by atoms with Gasteiger partial charge in [0.15, 0.2) is 0 Å². The van der Waals surface area contributed by atoms with Gasteiger partial charge >= 0.3 is 18.3 Å². The summed E-state index contributed by atoms with van der Waals surface area (Å²) in [6.07, 6.45) is -9.77. The average molecular weight is 425 g/mol. The Morgan fingerprint density at radius 2 is 1.33 bits per heavy atom. The molecule has 0 spiro atoms. The highest BCUT2D eigenvalue weighted by Gasteiger charge is 2.31. The molecule has 0 saturated carbocycles. The SMILES string of the molecule is O=C(O)Cc1nc(-c2cccc(C(F)(F)F)c2)ccc1-c1cccc(C(F)(F)F)c1. The molecule has 0 aliphatic rings. The van der Waals surface area contributed by atoms with Crippen molar-refractivity contribution >= 4 is 5.97 Å². The third kappa shape index (κ3) is 4.79. The lowest BCUT2D eigenvalue weighted by Gasteiger charge is -2.13. The van der Waals surface area contributed by atoms with Crippen LogP contribution in [0.5, 0.6) is 0 Å². The van der Waals surface area contributed by atoms with Gasteiger partial charge in [0.25, 0.3) is 0 Å². The van der Waals surface area contributed by atoms with E-state index in [4.69, 9.17) is 5.11 Å². The van der Waals surface area contributed by atoms with Crippen molar-refractivity contribution in [1.82, 2.24) is 4.98 Å². The quantitative estimate of drug-likeness (QED) is 0.516. The van der Waals surface area contributed by atoms with E-state index in [-0.39, 0.29) is 28.1 Å². The standard InChI is InChI=1S/C21H13F6NO2/c22-20(23,24)14-5-1-3-12(9-14)16-7-8-17(28-18(16)11-19(29)30)13-4-2-6-15(10-13)21(25,26)27/h1-10H,11H2,(H,29,30). The first-order valence-electron chi connectivity index (χ1n) is 8.52. The summed E-state index contributed by atoms with van der Waals surface area (Å²) in [4.78, 5) is 15.4. The van der Waals surface area contributed by atoms with Crippen molar-refractivity contribution in [2.24, 2.45) is 0 Å². The van der Waals surface area contributed by atoms with Gasteiger partial charge in [0, 0.05) is 11.1 Å². The lowest BCUT2D eigenvalue weighted by molar-refractivity contribution is -0.138. The molecule has 0 radical (unpaired) electrons. The molecular formula is C21H13F6NO2. The fourth-order valence-electron chi connectivity index (χ4n) is 2.92. The molecule has 0 bridgehead atoms. The van der Waals surface area contributed by atoms with Gasteiger partial charge in [-0.2, -0.15) is 26.3 Å². The zero-order valence-corrected chi connectivity index (χ0v) is 15.1. The van der Waals surface area contributed by atoms with E-state index < -0.39 is 35.9 Å². The molecule has 1 N–H and O–H groups in total. The minimum Gasteiger partial charge on any atom is -0.481 e. The predicted octanol–water partition coefficient (Wildman–Crippen LogP) is 6.08. The van der Waals surface area contributed by atoms with Crippen LogP contribution in [-0.2, 0) is 23.6 Å². The number of rotatable bonds is 4. The second-order valence-corrected chi connectivity index (χ2v) is 6.42. The van der Waals surface area contributed by atoms with Crippen molar-refractivity contribution in [1.29, 1.82) is 0 Å². The third-order valence-electron chi connectivity index (χ3n) is 4.28. The Hall–Kier alpha value is -3.36. The molecule has 1 heterocycles. The monoisotopic (exact) mass is 425 g/mol. The average Bonchev–Trinajstić information content (AvgIpc) is 2.66. The third-order valence-corrected chi connectivity index (χ3v) is 4.28. The maximum absolute atomic E-state index is 13.0. The van der Waals surface area contributed by atoms with Gasteiger partial charge in [0.1, 0.15) is 0 Å². The van der Waals surface area contributed by atoms with Crippen molar-refractivity contribution < 1.29 is 36.2 Å². The Kier molecular flexibility index (Phi) is 5.56. The van der Waals surface area contributed by atoms with Crippen LogP contribution in [0.3, 0.4) is 0 Å².